The number of hydrogen-bond donors (Lipinski definition) is 1. The Morgan fingerprint density at radius 3 is 2.69 bits per heavy atom. The summed E-state index contributed by atoms with van der Waals surface area (Å²) in [6.45, 7) is 2.81. The molecule has 74 valence electrons. The van der Waals surface area contributed by atoms with Gasteiger partial charge in [0.05, 0.1) is 5.69 Å². The minimum atomic E-state index is -4.45. The SMILES string of the molecule is CCNCc1cc(C(F)(F)F)on1. The van der Waals surface area contributed by atoms with Crippen LogP contribution >= 0.6 is 0 Å². The highest BCUT2D eigenvalue weighted by Crippen LogP contribution is 2.29. The molecule has 0 spiro atoms. The maximum absolute atomic E-state index is 12.0. The lowest BCUT2D eigenvalue weighted by molar-refractivity contribution is -0.155. The summed E-state index contributed by atoms with van der Waals surface area (Å²) in [4.78, 5) is 0. The van der Waals surface area contributed by atoms with E-state index in [1.165, 1.54) is 0 Å². The van der Waals surface area contributed by atoms with Crippen molar-refractivity contribution in [3.05, 3.63) is 17.5 Å². The summed E-state index contributed by atoms with van der Waals surface area (Å²) in [6, 6.07) is 0.892. The van der Waals surface area contributed by atoms with Crippen molar-refractivity contribution in [2.45, 2.75) is 19.6 Å². The molecule has 6 heteroatoms. The number of nitrogens with zero attached hydrogens (tertiary/aromatic N) is 1. The van der Waals surface area contributed by atoms with Crippen LogP contribution in [0.3, 0.4) is 0 Å². The Hall–Kier alpha value is -1.04. The van der Waals surface area contributed by atoms with Crippen LogP contribution in [0.1, 0.15) is 18.4 Å². The van der Waals surface area contributed by atoms with Crippen molar-refractivity contribution in [2.75, 3.05) is 6.54 Å². The Bertz CT molecular complexity index is 269. The van der Waals surface area contributed by atoms with Crippen molar-refractivity contribution < 1.29 is 17.7 Å². The number of rotatable bonds is 3. The first kappa shape index (κ1) is 10.0. The molecule has 0 saturated carbocycles. The molecule has 0 atom stereocenters. The minimum absolute atomic E-state index is 0.258. The zero-order chi connectivity index (χ0) is 9.90. The van der Waals surface area contributed by atoms with Crippen LogP contribution in [0.5, 0.6) is 0 Å². The molecule has 0 aliphatic rings. The molecule has 1 heterocycles. The second kappa shape index (κ2) is 3.78. The Kier molecular flexibility index (Phi) is 2.92. The smallest absolute Gasteiger partial charge is 0.351 e. The highest BCUT2D eigenvalue weighted by Gasteiger charge is 2.35. The number of nitrogens with one attached hydrogen (secondary N) is 1. The average molecular weight is 194 g/mol. The molecule has 0 aliphatic carbocycles. The molecule has 0 amide bonds. The summed E-state index contributed by atoms with van der Waals surface area (Å²) in [5, 5.41) is 6.10. The first-order chi connectivity index (χ1) is 6.04. The van der Waals surface area contributed by atoms with Gasteiger partial charge in [-0.2, -0.15) is 13.2 Å². The van der Waals surface area contributed by atoms with Crippen LogP contribution < -0.4 is 5.32 Å². The molecule has 1 rings (SSSR count). The molecular weight excluding hydrogens is 185 g/mol. The van der Waals surface area contributed by atoms with Crippen LogP contribution in [0.2, 0.25) is 0 Å². The maximum Gasteiger partial charge on any atom is 0.452 e. The standard InChI is InChI=1S/C7H9F3N2O/c1-2-11-4-5-3-6(13-12-5)7(8,9)10/h3,11H,2,4H2,1H3. The van der Waals surface area contributed by atoms with E-state index in [4.69, 9.17) is 0 Å². The van der Waals surface area contributed by atoms with E-state index in [1.54, 1.807) is 0 Å². The summed E-state index contributed by atoms with van der Waals surface area (Å²) in [5.74, 6) is -1.06. The lowest BCUT2D eigenvalue weighted by Gasteiger charge is -1.97. The molecular formula is C7H9F3N2O. The largest absolute Gasteiger partial charge is 0.452 e. The highest BCUT2D eigenvalue weighted by atomic mass is 19.4. The normalized spacial score (nSPS) is 12.0. The van der Waals surface area contributed by atoms with Crippen LogP contribution in [0, 0.1) is 0 Å². The fraction of sp³-hybridized carbons (Fsp3) is 0.571. The maximum atomic E-state index is 12.0. The zero-order valence-electron chi connectivity index (χ0n) is 6.98. The average Bonchev–Trinajstić information content (AvgIpc) is 2.47. The Morgan fingerprint density at radius 1 is 1.54 bits per heavy atom. The van der Waals surface area contributed by atoms with Crippen molar-refractivity contribution in [3.63, 3.8) is 0 Å². The molecule has 0 aromatic carbocycles. The third-order valence-electron chi connectivity index (χ3n) is 1.39. The molecule has 0 radical (unpaired) electrons. The van der Waals surface area contributed by atoms with Crippen LogP contribution in [-0.4, -0.2) is 11.7 Å². The first-order valence-electron chi connectivity index (χ1n) is 3.77. The van der Waals surface area contributed by atoms with E-state index in [0.717, 1.165) is 6.07 Å². The van der Waals surface area contributed by atoms with Gasteiger partial charge in [-0.3, -0.25) is 0 Å². The lowest BCUT2D eigenvalue weighted by atomic mass is 10.3. The van der Waals surface area contributed by atoms with Crippen LogP contribution in [-0.2, 0) is 12.7 Å². The summed E-state index contributed by atoms with van der Waals surface area (Å²) in [6.07, 6.45) is -4.45. The topological polar surface area (TPSA) is 38.1 Å². The number of aromatic nitrogens is 1. The van der Waals surface area contributed by atoms with Gasteiger partial charge >= 0.3 is 6.18 Å². The molecule has 1 aromatic rings. The molecule has 1 N–H and O–H groups in total. The van der Waals surface area contributed by atoms with Gasteiger partial charge in [-0.15, -0.1) is 0 Å². The predicted octanol–water partition coefficient (Wildman–Crippen LogP) is 1.80. The monoisotopic (exact) mass is 194 g/mol. The van der Waals surface area contributed by atoms with Gasteiger partial charge in [-0.1, -0.05) is 12.1 Å². The molecule has 1 aromatic heterocycles. The Balaban J connectivity index is 2.64. The third kappa shape index (κ3) is 2.73. The number of halogens is 3. The van der Waals surface area contributed by atoms with Gasteiger partial charge in [-0.25, -0.2) is 0 Å². The van der Waals surface area contributed by atoms with Crippen LogP contribution in [0.15, 0.2) is 10.6 Å². The summed E-state index contributed by atoms with van der Waals surface area (Å²) in [5.41, 5.74) is 0.258. The van der Waals surface area contributed by atoms with Crippen molar-refractivity contribution in [2.24, 2.45) is 0 Å². The summed E-state index contributed by atoms with van der Waals surface area (Å²) in [7, 11) is 0. The van der Waals surface area contributed by atoms with E-state index >= 15 is 0 Å². The fourth-order valence-corrected chi connectivity index (χ4v) is 0.782. The summed E-state index contributed by atoms with van der Waals surface area (Å²) >= 11 is 0. The fourth-order valence-electron chi connectivity index (χ4n) is 0.782. The van der Waals surface area contributed by atoms with Gasteiger partial charge in [0, 0.05) is 12.6 Å². The van der Waals surface area contributed by atoms with Crippen molar-refractivity contribution >= 4 is 0 Å². The van der Waals surface area contributed by atoms with Gasteiger partial charge in [0.25, 0.3) is 0 Å². The molecule has 0 saturated heterocycles. The second-order valence-corrected chi connectivity index (χ2v) is 2.46. The third-order valence-corrected chi connectivity index (χ3v) is 1.39. The minimum Gasteiger partial charge on any atom is -0.351 e. The lowest BCUT2D eigenvalue weighted by Crippen LogP contribution is -2.11. The number of alkyl halides is 3. The summed E-state index contributed by atoms with van der Waals surface area (Å²) < 4.78 is 40.0. The van der Waals surface area contributed by atoms with Crippen molar-refractivity contribution in [1.29, 1.82) is 0 Å². The number of hydrogen-bond acceptors (Lipinski definition) is 3. The van der Waals surface area contributed by atoms with Gasteiger partial charge in [0.2, 0.25) is 5.76 Å². The van der Waals surface area contributed by atoms with E-state index in [2.05, 4.69) is 15.0 Å². The molecule has 0 unspecified atom stereocenters. The van der Waals surface area contributed by atoms with E-state index in [0.29, 0.717) is 6.54 Å². The molecule has 0 fully saturated rings. The first-order valence-corrected chi connectivity index (χ1v) is 3.77. The van der Waals surface area contributed by atoms with E-state index in [-0.39, 0.29) is 12.2 Å². The zero-order valence-corrected chi connectivity index (χ0v) is 6.98. The van der Waals surface area contributed by atoms with Gasteiger partial charge in [0.15, 0.2) is 0 Å². The Morgan fingerprint density at radius 2 is 2.23 bits per heavy atom. The van der Waals surface area contributed by atoms with Crippen LogP contribution in [0.4, 0.5) is 13.2 Å². The molecule has 0 bridgehead atoms. The highest BCUT2D eigenvalue weighted by molar-refractivity contribution is 5.07. The van der Waals surface area contributed by atoms with E-state index < -0.39 is 11.9 Å². The molecule has 13 heavy (non-hydrogen) atoms. The van der Waals surface area contributed by atoms with Gasteiger partial charge in [0.1, 0.15) is 0 Å². The Labute approximate surface area is 72.9 Å². The van der Waals surface area contributed by atoms with E-state index in [9.17, 15) is 13.2 Å². The quantitative estimate of drug-likeness (QED) is 0.797. The van der Waals surface area contributed by atoms with Crippen molar-refractivity contribution in [1.82, 2.24) is 10.5 Å². The van der Waals surface area contributed by atoms with Gasteiger partial charge in [-0.05, 0) is 6.54 Å². The molecule has 3 nitrogen and oxygen atoms in total. The van der Waals surface area contributed by atoms with Crippen LogP contribution in [0.25, 0.3) is 0 Å². The second-order valence-electron chi connectivity index (χ2n) is 2.46. The van der Waals surface area contributed by atoms with Gasteiger partial charge < -0.3 is 9.84 Å². The predicted molar refractivity (Wildman–Crippen MR) is 38.9 cm³/mol. The van der Waals surface area contributed by atoms with Crippen molar-refractivity contribution in [3.8, 4) is 0 Å². The molecule has 0 aliphatic heterocycles. The van der Waals surface area contributed by atoms with E-state index in [1.807, 2.05) is 6.92 Å².